The molecule has 0 aromatic rings. The number of piperidine rings is 1. The van der Waals surface area contributed by atoms with Crippen molar-refractivity contribution in [3.63, 3.8) is 0 Å². The van der Waals surface area contributed by atoms with Gasteiger partial charge in [-0.3, -0.25) is 0 Å². The number of aliphatic hydroxyl groups is 2. The van der Waals surface area contributed by atoms with E-state index < -0.39 is 12.2 Å². The minimum absolute atomic E-state index is 0.204. The molecule has 2 N–H and O–H groups in total. The molecular weight excluding hydrogens is 358 g/mol. The van der Waals surface area contributed by atoms with Crippen molar-refractivity contribution in [2.75, 3.05) is 13.1 Å². The second-order valence-electron chi connectivity index (χ2n) is 11.7. The Bertz CT molecular complexity index is 655. The predicted molar refractivity (Wildman–Crippen MR) is 117 cm³/mol. The second kappa shape index (κ2) is 7.35. The zero-order chi connectivity index (χ0) is 20.4. The summed E-state index contributed by atoms with van der Waals surface area (Å²) in [7, 11) is 0. The van der Waals surface area contributed by atoms with E-state index in [1.807, 2.05) is 0 Å². The SMILES string of the molecule is C/C=C1/CCC2C3C(O)[C@H](O)C4CC(N5CCCCC5)CCC4(C)C3CCC12C. The highest BCUT2D eigenvalue weighted by Gasteiger charge is 2.64. The van der Waals surface area contributed by atoms with E-state index in [-0.39, 0.29) is 22.7 Å². The minimum Gasteiger partial charge on any atom is -0.390 e. The third-order valence-electron chi connectivity index (χ3n) is 10.8. The maximum absolute atomic E-state index is 11.5. The van der Waals surface area contributed by atoms with E-state index >= 15 is 0 Å². The molecule has 0 aromatic carbocycles. The molecular formula is C26H43NO2. The standard InChI is InChI=1S/C26H43NO2/c1-4-17-8-9-19-22-20(11-13-25(17,19)2)26(3)12-10-18(27-14-6-5-7-15-27)16-21(26)23(28)24(22)29/h4,18-24,28-29H,5-16H2,1-3H3/b17-4-/t18?,19?,20?,21?,22?,23-,24?,25?,26?/m1/s1. The first-order valence-corrected chi connectivity index (χ1v) is 12.7. The molecule has 8 unspecified atom stereocenters. The van der Waals surface area contributed by atoms with Gasteiger partial charge in [-0.25, -0.2) is 0 Å². The van der Waals surface area contributed by atoms with E-state index in [2.05, 4.69) is 31.7 Å². The molecule has 1 saturated heterocycles. The lowest BCUT2D eigenvalue weighted by Gasteiger charge is -2.64. The molecule has 164 valence electrons. The molecule has 5 fully saturated rings. The number of hydrogen-bond acceptors (Lipinski definition) is 3. The molecule has 4 aliphatic carbocycles. The molecule has 0 spiro atoms. The lowest BCUT2D eigenvalue weighted by molar-refractivity contribution is -0.215. The van der Waals surface area contributed by atoms with E-state index in [4.69, 9.17) is 0 Å². The van der Waals surface area contributed by atoms with Gasteiger partial charge in [-0.1, -0.05) is 31.9 Å². The molecule has 3 nitrogen and oxygen atoms in total. The highest BCUT2D eigenvalue weighted by atomic mass is 16.3. The van der Waals surface area contributed by atoms with Crippen LogP contribution in [0.1, 0.15) is 85.0 Å². The third-order valence-corrected chi connectivity index (χ3v) is 10.8. The van der Waals surface area contributed by atoms with Gasteiger partial charge >= 0.3 is 0 Å². The summed E-state index contributed by atoms with van der Waals surface area (Å²) in [5.41, 5.74) is 2.07. The lowest BCUT2D eigenvalue weighted by atomic mass is 9.43. The molecule has 9 atom stereocenters. The summed E-state index contributed by atoms with van der Waals surface area (Å²) in [6.07, 6.45) is 13.9. The fourth-order valence-corrected chi connectivity index (χ4v) is 9.18. The fraction of sp³-hybridized carbons (Fsp3) is 0.923. The Kier molecular flexibility index (Phi) is 5.20. The molecule has 29 heavy (non-hydrogen) atoms. The number of likely N-dealkylation sites (tertiary alicyclic amines) is 1. The summed E-state index contributed by atoms with van der Waals surface area (Å²) < 4.78 is 0. The van der Waals surface area contributed by atoms with Crippen molar-refractivity contribution >= 4 is 0 Å². The van der Waals surface area contributed by atoms with Gasteiger partial charge < -0.3 is 15.1 Å². The third kappa shape index (κ3) is 2.93. The quantitative estimate of drug-likeness (QED) is 0.622. The maximum Gasteiger partial charge on any atom is 0.0836 e. The number of rotatable bonds is 1. The summed E-state index contributed by atoms with van der Waals surface area (Å²) in [6, 6.07) is 0.627. The van der Waals surface area contributed by atoms with Crippen LogP contribution in [0.25, 0.3) is 0 Å². The highest BCUT2D eigenvalue weighted by molar-refractivity contribution is 5.25. The zero-order valence-electron chi connectivity index (χ0n) is 18.9. The van der Waals surface area contributed by atoms with Gasteiger partial charge in [0.15, 0.2) is 0 Å². The normalized spacial score (nSPS) is 54.7. The van der Waals surface area contributed by atoms with Crippen LogP contribution in [0.5, 0.6) is 0 Å². The van der Waals surface area contributed by atoms with Crippen molar-refractivity contribution in [1.82, 2.24) is 4.90 Å². The molecule has 0 aromatic heterocycles. The first kappa shape index (κ1) is 20.5. The van der Waals surface area contributed by atoms with Crippen LogP contribution in [-0.2, 0) is 0 Å². The van der Waals surface area contributed by atoms with Crippen molar-refractivity contribution in [3.05, 3.63) is 11.6 Å². The Morgan fingerprint density at radius 1 is 0.897 bits per heavy atom. The smallest absolute Gasteiger partial charge is 0.0836 e. The maximum atomic E-state index is 11.5. The van der Waals surface area contributed by atoms with Crippen molar-refractivity contribution < 1.29 is 10.2 Å². The summed E-state index contributed by atoms with van der Waals surface area (Å²) in [5, 5.41) is 22.9. The van der Waals surface area contributed by atoms with Crippen LogP contribution in [0.2, 0.25) is 0 Å². The van der Waals surface area contributed by atoms with Crippen LogP contribution in [0.4, 0.5) is 0 Å². The zero-order valence-corrected chi connectivity index (χ0v) is 18.9. The highest BCUT2D eigenvalue weighted by Crippen LogP contribution is 2.67. The molecule has 1 heterocycles. The number of aliphatic hydroxyl groups excluding tert-OH is 2. The molecule has 3 heteroatoms. The molecule has 5 rings (SSSR count). The Morgan fingerprint density at radius 3 is 2.38 bits per heavy atom. The number of allylic oxidation sites excluding steroid dienone is 2. The van der Waals surface area contributed by atoms with Gasteiger partial charge in [0, 0.05) is 6.04 Å². The summed E-state index contributed by atoms with van der Waals surface area (Å²) in [6.45, 7) is 9.62. The van der Waals surface area contributed by atoms with Crippen LogP contribution in [0, 0.1) is 34.5 Å². The summed E-state index contributed by atoms with van der Waals surface area (Å²) >= 11 is 0. The van der Waals surface area contributed by atoms with E-state index in [9.17, 15) is 10.2 Å². The fourth-order valence-electron chi connectivity index (χ4n) is 9.18. The topological polar surface area (TPSA) is 43.7 Å². The summed E-state index contributed by atoms with van der Waals surface area (Å²) in [5.74, 6) is 1.69. The first-order valence-electron chi connectivity index (χ1n) is 12.7. The largest absolute Gasteiger partial charge is 0.390 e. The van der Waals surface area contributed by atoms with Crippen molar-refractivity contribution in [2.24, 2.45) is 34.5 Å². The average molecular weight is 402 g/mol. The van der Waals surface area contributed by atoms with Gasteiger partial charge in [0.05, 0.1) is 12.2 Å². The van der Waals surface area contributed by atoms with Gasteiger partial charge in [-0.2, -0.15) is 0 Å². The monoisotopic (exact) mass is 401 g/mol. The molecule has 0 amide bonds. The molecule has 1 aliphatic heterocycles. The number of nitrogens with zero attached hydrogens (tertiary/aromatic N) is 1. The van der Waals surface area contributed by atoms with Gasteiger partial charge in [0.25, 0.3) is 0 Å². The van der Waals surface area contributed by atoms with Gasteiger partial charge in [0.2, 0.25) is 0 Å². The van der Waals surface area contributed by atoms with E-state index in [1.165, 1.54) is 70.9 Å². The molecule has 0 bridgehead atoms. The number of fused-ring (bicyclic) bond motifs is 5. The van der Waals surface area contributed by atoms with E-state index in [0.29, 0.717) is 17.9 Å². The van der Waals surface area contributed by atoms with Crippen LogP contribution in [0.3, 0.4) is 0 Å². The first-order chi connectivity index (χ1) is 13.9. The predicted octanol–water partition coefficient (Wildman–Crippen LogP) is 4.77. The van der Waals surface area contributed by atoms with Crippen LogP contribution >= 0.6 is 0 Å². The molecule has 4 saturated carbocycles. The summed E-state index contributed by atoms with van der Waals surface area (Å²) in [4.78, 5) is 2.71. The van der Waals surface area contributed by atoms with Crippen LogP contribution in [-0.4, -0.2) is 46.5 Å². The van der Waals surface area contributed by atoms with Crippen molar-refractivity contribution in [2.45, 2.75) is 103 Å². The van der Waals surface area contributed by atoms with Crippen molar-refractivity contribution in [1.29, 1.82) is 0 Å². The van der Waals surface area contributed by atoms with E-state index in [1.54, 1.807) is 5.57 Å². The number of hydrogen-bond donors (Lipinski definition) is 2. The van der Waals surface area contributed by atoms with Crippen LogP contribution in [0.15, 0.2) is 11.6 Å². The van der Waals surface area contributed by atoms with Gasteiger partial charge in [-0.05, 0) is 112 Å². The molecule has 0 radical (unpaired) electrons. The van der Waals surface area contributed by atoms with Crippen molar-refractivity contribution in [3.8, 4) is 0 Å². The Morgan fingerprint density at radius 2 is 1.66 bits per heavy atom. The van der Waals surface area contributed by atoms with E-state index in [0.717, 1.165) is 6.42 Å². The molecule has 5 aliphatic rings. The van der Waals surface area contributed by atoms with Gasteiger partial charge in [0.1, 0.15) is 0 Å². The minimum atomic E-state index is -0.536. The van der Waals surface area contributed by atoms with Gasteiger partial charge in [-0.15, -0.1) is 0 Å². The Balaban J connectivity index is 1.42. The Labute approximate surface area is 177 Å². The van der Waals surface area contributed by atoms with Crippen LogP contribution < -0.4 is 0 Å². The average Bonchev–Trinajstić information content (AvgIpc) is 3.08. The lowest BCUT2D eigenvalue weighted by Crippen LogP contribution is -2.64. The second-order valence-corrected chi connectivity index (χ2v) is 11.7. The Hall–Kier alpha value is -0.380.